The summed E-state index contributed by atoms with van der Waals surface area (Å²) in [5.74, 6) is 0.308. The van der Waals surface area contributed by atoms with E-state index in [-0.39, 0.29) is 5.82 Å². The third kappa shape index (κ3) is 2.05. The lowest BCUT2D eigenvalue weighted by atomic mass is 10.1. The second-order valence-corrected chi connectivity index (χ2v) is 3.23. The summed E-state index contributed by atoms with van der Waals surface area (Å²) in [7, 11) is 0. The highest BCUT2D eigenvalue weighted by atomic mass is 19.1. The molecule has 15 heavy (non-hydrogen) atoms. The summed E-state index contributed by atoms with van der Waals surface area (Å²) >= 11 is 0. The molecule has 1 aromatic carbocycles. The molecule has 2 N–H and O–H groups in total. The Hall–Kier alpha value is -1.68. The third-order valence-electron chi connectivity index (χ3n) is 2.14. The minimum atomic E-state index is -0.289. The van der Waals surface area contributed by atoms with Crippen LogP contribution in [-0.4, -0.2) is 11.7 Å². The fourth-order valence-electron chi connectivity index (χ4n) is 1.46. The van der Waals surface area contributed by atoms with E-state index >= 15 is 0 Å². The Morgan fingerprint density at radius 3 is 3.00 bits per heavy atom. The van der Waals surface area contributed by atoms with Crippen LogP contribution in [0.25, 0.3) is 11.3 Å². The van der Waals surface area contributed by atoms with Gasteiger partial charge >= 0.3 is 0 Å². The Labute approximate surface area is 86.7 Å². The maximum Gasteiger partial charge on any atom is 0.170 e. The molecule has 3 nitrogen and oxygen atoms in total. The first-order valence-corrected chi connectivity index (χ1v) is 4.71. The summed E-state index contributed by atoms with van der Waals surface area (Å²) in [5.41, 5.74) is 7.05. The molecule has 0 saturated heterocycles. The van der Waals surface area contributed by atoms with Crippen molar-refractivity contribution in [2.24, 2.45) is 5.73 Å². The van der Waals surface area contributed by atoms with Crippen molar-refractivity contribution in [1.82, 2.24) is 5.16 Å². The van der Waals surface area contributed by atoms with Gasteiger partial charge in [-0.1, -0.05) is 17.3 Å². The molecule has 2 rings (SSSR count). The third-order valence-corrected chi connectivity index (χ3v) is 2.14. The standard InChI is InChI=1S/C11H11FN2O/c12-10-3-1-2-8(6-10)11-9(4-5-13)7-14-15-11/h1-3,6-7H,4-5,13H2. The van der Waals surface area contributed by atoms with E-state index < -0.39 is 0 Å². The minimum absolute atomic E-state index is 0.289. The topological polar surface area (TPSA) is 52.0 Å². The average Bonchev–Trinajstić information content (AvgIpc) is 2.66. The molecule has 0 bridgehead atoms. The van der Waals surface area contributed by atoms with Gasteiger partial charge in [0.25, 0.3) is 0 Å². The van der Waals surface area contributed by atoms with Crippen LogP contribution in [-0.2, 0) is 6.42 Å². The summed E-state index contributed by atoms with van der Waals surface area (Å²) < 4.78 is 18.1. The fraction of sp³-hybridized carbons (Fsp3) is 0.182. The van der Waals surface area contributed by atoms with E-state index in [9.17, 15) is 4.39 Å². The van der Waals surface area contributed by atoms with Crippen molar-refractivity contribution in [1.29, 1.82) is 0 Å². The molecule has 0 radical (unpaired) electrons. The van der Waals surface area contributed by atoms with E-state index in [0.717, 1.165) is 5.56 Å². The van der Waals surface area contributed by atoms with E-state index in [1.54, 1.807) is 18.3 Å². The average molecular weight is 206 g/mol. The maximum atomic E-state index is 13.0. The summed E-state index contributed by atoms with van der Waals surface area (Å²) in [6.07, 6.45) is 2.29. The Morgan fingerprint density at radius 1 is 1.40 bits per heavy atom. The Balaban J connectivity index is 2.40. The van der Waals surface area contributed by atoms with E-state index in [4.69, 9.17) is 10.3 Å². The summed E-state index contributed by atoms with van der Waals surface area (Å²) in [6, 6.07) is 6.23. The van der Waals surface area contributed by atoms with Gasteiger partial charge < -0.3 is 10.3 Å². The molecule has 1 aromatic heterocycles. The number of nitrogens with zero attached hydrogens (tertiary/aromatic N) is 1. The first-order chi connectivity index (χ1) is 7.31. The van der Waals surface area contributed by atoms with Gasteiger partial charge in [-0.05, 0) is 25.1 Å². The lowest BCUT2D eigenvalue weighted by Crippen LogP contribution is -2.02. The maximum absolute atomic E-state index is 13.0. The zero-order valence-electron chi connectivity index (χ0n) is 8.11. The van der Waals surface area contributed by atoms with Crippen LogP contribution in [0, 0.1) is 5.82 Å². The van der Waals surface area contributed by atoms with Gasteiger partial charge in [-0.15, -0.1) is 0 Å². The van der Waals surface area contributed by atoms with Crippen molar-refractivity contribution in [3.63, 3.8) is 0 Å². The minimum Gasteiger partial charge on any atom is -0.356 e. The van der Waals surface area contributed by atoms with Crippen LogP contribution in [0.1, 0.15) is 5.56 Å². The number of rotatable bonds is 3. The van der Waals surface area contributed by atoms with Gasteiger partial charge in [0.05, 0.1) is 6.20 Å². The first-order valence-electron chi connectivity index (χ1n) is 4.71. The molecule has 0 unspecified atom stereocenters. The first kappa shape index (κ1) is 9.86. The molecule has 0 spiro atoms. The molecule has 0 aliphatic heterocycles. The smallest absolute Gasteiger partial charge is 0.170 e. The number of halogens is 1. The van der Waals surface area contributed by atoms with Crippen molar-refractivity contribution in [3.05, 3.63) is 41.8 Å². The molecule has 0 fully saturated rings. The number of benzene rings is 1. The van der Waals surface area contributed by atoms with E-state index in [1.807, 2.05) is 0 Å². The van der Waals surface area contributed by atoms with Crippen LogP contribution in [0.5, 0.6) is 0 Å². The monoisotopic (exact) mass is 206 g/mol. The number of hydrogen-bond acceptors (Lipinski definition) is 3. The van der Waals surface area contributed by atoms with Gasteiger partial charge in [-0.2, -0.15) is 0 Å². The summed E-state index contributed by atoms with van der Waals surface area (Å²) in [5, 5.41) is 3.69. The Morgan fingerprint density at radius 2 is 2.27 bits per heavy atom. The van der Waals surface area contributed by atoms with Crippen LogP contribution in [0.4, 0.5) is 4.39 Å². The molecular formula is C11H11FN2O. The van der Waals surface area contributed by atoms with Crippen LogP contribution in [0.2, 0.25) is 0 Å². The largest absolute Gasteiger partial charge is 0.356 e. The van der Waals surface area contributed by atoms with Crippen LogP contribution in [0.3, 0.4) is 0 Å². The highest BCUT2D eigenvalue weighted by Gasteiger charge is 2.10. The van der Waals surface area contributed by atoms with E-state index in [0.29, 0.717) is 24.3 Å². The van der Waals surface area contributed by atoms with Gasteiger partial charge in [-0.25, -0.2) is 4.39 Å². The van der Waals surface area contributed by atoms with Crippen molar-refractivity contribution in [2.75, 3.05) is 6.54 Å². The molecule has 0 amide bonds. The number of aromatic nitrogens is 1. The predicted octanol–water partition coefficient (Wildman–Crippen LogP) is 1.98. The molecule has 1 heterocycles. The van der Waals surface area contributed by atoms with Crippen LogP contribution < -0.4 is 5.73 Å². The Bertz CT molecular complexity index is 453. The number of hydrogen-bond donors (Lipinski definition) is 1. The highest BCUT2D eigenvalue weighted by molar-refractivity contribution is 5.60. The summed E-state index contributed by atoms with van der Waals surface area (Å²) in [4.78, 5) is 0. The van der Waals surface area contributed by atoms with Crippen molar-refractivity contribution >= 4 is 0 Å². The predicted molar refractivity (Wildman–Crippen MR) is 54.7 cm³/mol. The van der Waals surface area contributed by atoms with Crippen molar-refractivity contribution in [2.45, 2.75) is 6.42 Å². The molecule has 0 aliphatic rings. The zero-order valence-corrected chi connectivity index (χ0v) is 8.11. The second-order valence-electron chi connectivity index (χ2n) is 3.23. The van der Waals surface area contributed by atoms with Gasteiger partial charge in [0.2, 0.25) is 0 Å². The van der Waals surface area contributed by atoms with Crippen molar-refractivity contribution < 1.29 is 8.91 Å². The lowest BCUT2D eigenvalue weighted by Gasteiger charge is -1.99. The number of nitrogens with two attached hydrogens (primary N) is 1. The molecule has 0 saturated carbocycles. The zero-order chi connectivity index (χ0) is 10.7. The van der Waals surface area contributed by atoms with Crippen LogP contribution in [0.15, 0.2) is 35.0 Å². The molecule has 4 heteroatoms. The molecule has 0 atom stereocenters. The lowest BCUT2D eigenvalue weighted by molar-refractivity contribution is 0.431. The van der Waals surface area contributed by atoms with Crippen molar-refractivity contribution in [3.8, 4) is 11.3 Å². The van der Waals surface area contributed by atoms with Gasteiger partial charge in [0, 0.05) is 11.1 Å². The molecule has 2 aromatic rings. The molecule has 0 aliphatic carbocycles. The van der Waals surface area contributed by atoms with Gasteiger partial charge in [0.15, 0.2) is 5.76 Å². The SMILES string of the molecule is NCCc1cnoc1-c1cccc(F)c1. The summed E-state index contributed by atoms with van der Waals surface area (Å²) in [6.45, 7) is 0.517. The van der Waals surface area contributed by atoms with E-state index in [2.05, 4.69) is 5.16 Å². The molecule has 78 valence electrons. The normalized spacial score (nSPS) is 10.5. The van der Waals surface area contributed by atoms with Crippen LogP contribution >= 0.6 is 0 Å². The fourth-order valence-corrected chi connectivity index (χ4v) is 1.46. The molecular weight excluding hydrogens is 195 g/mol. The van der Waals surface area contributed by atoms with E-state index in [1.165, 1.54) is 12.1 Å². The highest BCUT2D eigenvalue weighted by Crippen LogP contribution is 2.24. The van der Waals surface area contributed by atoms with Gasteiger partial charge in [-0.3, -0.25) is 0 Å². The second kappa shape index (κ2) is 4.23. The van der Waals surface area contributed by atoms with Gasteiger partial charge in [0.1, 0.15) is 5.82 Å². The Kier molecular flexibility index (Phi) is 2.78. The quantitative estimate of drug-likeness (QED) is 0.835.